The van der Waals surface area contributed by atoms with Crippen LogP contribution in [0.15, 0.2) is 0 Å². The highest BCUT2D eigenvalue weighted by Gasteiger charge is 2.77. The summed E-state index contributed by atoms with van der Waals surface area (Å²) in [7, 11) is 0. The van der Waals surface area contributed by atoms with E-state index >= 15 is 14.4 Å². The van der Waals surface area contributed by atoms with Crippen LogP contribution in [0.2, 0.25) is 0 Å². The smallest absolute Gasteiger partial charge is 0.356 e. The van der Waals surface area contributed by atoms with Gasteiger partial charge in [-0.15, -0.1) is 11.8 Å². The summed E-state index contributed by atoms with van der Waals surface area (Å²) in [6.07, 6.45) is 34.1. The molecule has 1 heterocycles. The van der Waals surface area contributed by atoms with E-state index in [1.54, 1.807) is 0 Å². The van der Waals surface area contributed by atoms with Gasteiger partial charge in [0.05, 0.1) is 13.2 Å². The molecule has 3 aliphatic rings. The molecule has 2 aliphatic carbocycles. The van der Waals surface area contributed by atoms with E-state index in [-0.39, 0.29) is 32.2 Å². The predicted octanol–water partition coefficient (Wildman–Crippen LogP) is 13.8. The van der Waals surface area contributed by atoms with E-state index in [0.29, 0.717) is 44.9 Å². The van der Waals surface area contributed by atoms with Crippen LogP contribution in [0.25, 0.3) is 0 Å². The fourth-order valence-electron chi connectivity index (χ4n) is 9.43. The Morgan fingerprint density at radius 3 is 1.67 bits per heavy atom. The lowest BCUT2D eigenvalue weighted by molar-refractivity contribution is -0.215. The third kappa shape index (κ3) is 16.8. The molecule has 4 unspecified atom stereocenters. The van der Waals surface area contributed by atoms with Crippen molar-refractivity contribution < 1.29 is 33.3 Å². The van der Waals surface area contributed by atoms with Crippen LogP contribution < -0.4 is 0 Å². The maximum absolute atomic E-state index is 15.9. The molecule has 0 fully saturated rings. The van der Waals surface area contributed by atoms with Crippen molar-refractivity contribution in [3.63, 3.8) is 0 Å². The van der Waals surface area contributed by atoms with E-state index in [9.17, 15) is 0 Å². The van der Waals surface area contributed by atoms with Crippen LogP contribution in [0, 0.1) is 46.5 Å². The highest BCUT2D eigenvalue weighted by Crippen LogP contribution is 2.55. The molecular weight excluding hydrogens is 761 g/mol. The summed E-state index contributed by atoms with van der Waals surface area (Å²) < 4.78 is 26.4. The van der Waals surface area contributed by atoms with Gasteiger partial charge in [-0.1, -0.05) is 180 Å². The first-order valence-electron chi connectivity index (χ1n) is 25.7. The molecular formula is C54H86O7. The molecule has 0 aromatic heterocycles. The molecule has 1 spiro atoms. The van der Waals surface area contributed by atoms with Crippen molar-refractivity contribution >= 4 is 17.9 Å². The van der Waals surface area contributed by atoms with Crippen molar-refractivity contribution in [2.75, 3.05) is 13.2 Å². The van der Waals surface area contributed by atoms with Gasteiger partial charge in [-0.3, -0.25) is 9.59 Å². The zero-order valence-corrected chi connectivity index (χ0v) is 39.3. The van der Waals surface area contributed by atoms with Crippen molar-refractivity contribution in [3.05, 3.63) is 0 Å². The molecule has 61 heavy (non-hydrogen) atoms. The second-order valence-electron chi connectivity index (χ2n) is 18.3. The molecule has 3 rings (SSSR count). The summed E-state index contributed by atoms with van der Waals surface area (Å²) in [5, 5.41) is 0. The van der Waals surface area contributed by atoms with E-state index in [2.05, 4.69) is 56.5 Å². The lowest BCUT2D eigenvalue weighted by Crippen LogP contribution is -2.71. The van der Waals surface area contributed by atoms with Crippen molar-refractivity contribution in [3.8, 4) is 35.7 Å². The standard InChI is InChI=1S/C54H86O7/c1-4-7-10-13-27-36-45-58-49(55)52(41-32-23-16-17-24-33-42-52)54(51(57)59-46-37-28-14-11-8-5-2)53(43-34-25-18-19-26-35-44-53)50(56)61-48(39-30-21-12-9-6-3)40-31-22-15-20-29-38-47-60-54/h48H,4-32,34,36-37,39-41,43,45-46H2,1-3H3. The average Bonchev–Trinajstić information content (AvgIpc) is 3.48. The number of hydrogen-bond acceptors (Lipinski definition) is 7. The summed E-state index contributed by atoms with van der Waals surface area (Å²) in [6, 6.07) is 0. The zero-order chi connectivity index (χ0) is 43.8. The van der Waals surface area contributed by atoms with Crippen molar-refractivity contribution in [1.82, 2.24) is 0 Å². The molecule has 7 nitrogen and oxygen atoms in total. The summed E-state index contributed by atoms with van der Waals surface area (Å²) in [4.78, 5) is 47.2. The molecule has 0 aromatic carbocycles. The molecule has 0 radical (unpaired) electrons. The van der Waals surface area contributed by atoms with Gasteiger partial charge in [-0.25, -0.2) is 4.79 Å². The Labute approximate surface area is 373 Å². The van der Waals surface area contributed by atoms with E-state index < -0.39 is 34.3 Å². The van der Waals surface area contributed by atoms with E-state index in [4.69, 9.17) is 18.9 Å². The van der Waals surface area contributed by atoms with Gasteiger partial charge < -0.3 is 18.9 Å². The summed E-state index contributed by atoms with van der Waals surface area (Å²) >= 11 is 0. The highest BCUT2D eigenvalue weighted by atomic mass is 16.6. The monoisotopic (exact) mass is 847 g/mol. The van der Waals surface area contributed by atoms with Gasteiger partial charge in [0.25, 0.3) is 5.60 Å². The van der Waals surface area contributed by atoms with E-state index in [0.717, 1.165) is 154 Å². The topological polar surface area (TPSA) is 88.1 Å². The lowest BCUT2D eigenvalue weighted by atomic mass is 9.54. The first-order chi connectivity index (χ1) is 29.9. The number of carbonyl (C=O) groups is 3. The number of ether oxygens (including phenoxy) is 4. The first-order valence-corrected chi connectivity index (χ1v) is 25.7. The quantitative estimate of drug-likeness (QED) is 0.0438. The number of rotatable bonds is 23. The Hall–Kier alpha value is -3.11. The summed E-state index contributed by atoms with van der Waals surface area (Å²) in [5.74, 6) is 14.7. The summed E-state index contributed by atoms with van der Waals surface area (Å²) in [6.45, 7) is 6.92. The van der Waals surface area contributed by atoms with Gasteiger partial charge in [0.1, 0.15) is 12.2 Å². The molecule has 0 saturated heterocycles. The first kappa shape index (κ1) is 52.2. The Morgan fingerprint density at radius 1 is 0.557 bits per heavy atom. The maximum Gasteiger partial charge on any atom is 0.356 e. The Morgan fingerprint density at radius 2 is 1.05 bits per heavy atom. The van der Waals surface area contributed by atoms with Gasteiger partial charge in [-0.05, 0) is 70.6 Å². The van der Waals surface area contributed by atoms with Crippen LogP contribution in [-0.4, -0.2) is 42.8 Å². The molecule has 1 aliphatic heterocycles. The maximum atomic E-state index is 15.9. The van der Waals surface area contributed by atoms with Gasteiger partial charge in [-0.2, -0.15) is 0 Å². The second kappa shape index (κ2) is 31.7. The van der Waals surface area contributed by atoms with Gasteiger partial charge >= 0.3 is 17.9 Å². The number of hydrogen-bond donors (Lipinski definition) is 0. The summed E-state index contributed by atoms with van der Waals surface area (Å²) in [5.41, 5.74) is -6.23. The van der Waals surface area contributed by atoms with E-state index in [1.807, 2.05) is 0 Å². The van der Waals surface area contributed by atoms with Crippen LogP contribution in [0.1, 0.15) is 252 Å². The fourth-order valence-corrected chi connectivity index (χ4v) is 9.43. The van der Waals surface area contributed by atoms with Crippen molar-refractivity contribution in [1.29, 1.82) is 0 Å². The molecule has 4 atom stereocenters. The van der Waals surface area contributed by atoms with Crippen LogP contribution in [0.4, 0.5) is 0 Å². The van der Waals surface area contributed by atoms with Gasteiger partial charge in [0, 0.05) is 19.3 Å². The minimum Gasteiger partial charge on any atom is -0.464 e. The molecule has 0 aromatic rings. The molecule has 7 heteroatoms. The third-order valence-electron chi connectivity index (χ3n) is 13.2. The molecule has 0 saturated carbocycles. The third-order valence-corrected chi connectivity index (χ3v) is 13.2. The average molecular weight is 847 g/mol. The number of carbonyl (C=O) groups excluding carboxylic acids is 3. The Kier molecular flexibility index (Phi) is 27.1. The van der Waals surface area contributed by atoms with E-state index in [1.165, 1.54) is 19.3 Å². The minimum absolute atomic E-state index is 0.124. The van der Waals surface area contributed by atoms with Crippen LogP contribution in [0.3, 0.4) is 0 Å². The molecule has 0 bridgehead atoms. The van der Waals surface area contributed by atoms with Crippen LogP contribution in [-0.2, 0) is 33.3 Å². The minimum atomic E-state index is -2.37. The Bertz CT molecular complexity index is 1440. The van der Waals surface area contributed by atoms with Crippen LogP contribution in [0.5, 0.6) is 0 Å². The Balaban J connectivity index is 2.33. The molecule has 0 N–H and O–H groups in total. The van der Waals surface area contributed by atoms with Gasteiger partial charge in [0.2, 0.25) is 0 Å². The normalized spacial score (nSPS) is 25.2. The largest absolute Gasteiger partial charge is 0.464 e. The zero-order valence-electron chi connectivity index (χ0n) is 39.3. The second-order valence-corrected chi connectivity index (χ2v) is 18.3. The van der Waals surface area contributed by atoms with Gasteiger partial charge in [0.15, 0.2) is 10.8 Å². The lowest BCUT2D eigenvalue weighted by Gasteiger charge is -2.49. The van der Waals surface area contributed by atoms with Crippen molar-refractivity contribution in [2.24, 2.45) is 10.8 Å². The number of unbranched alkanes of at least 4 members (excludes halogenated alkanes) is 14. The fraction of sp³-hybridized carbons (Fsp3) is 0.833. The predicted molar refractivity (Wildman–Crippen MR) is 247 cm³/mol. The number of esters is 3. The van der Waals surface area contributed by atoms with Crippen LogP contribution >= 0.6 is 0 Å². The molecule has 344 valence electrons. The van der Waals surface area contributed by atoms with Crippen molar-refractivity contribution in [2.45, 2.75) is 264 Å². The molecule has 0 amide bonds. The highest BCUT2D eigenvalue weighted by molar-refractivity contribution is 6.01. The SMILES string of the molecule is CCCCCCCCOC(=O)C1(C2(C(=O)OCCCCCCCC)OC#CCCCCCCC(CCCCCCC)OC(=O)C23C#CCCCCCC3)C#CCCCCCC1. The number of cyclic esters (lactones) is 1.